The van der Waals surface area contributed by atoms with Gasteiger partial charge in [0, 0.05) is 12.6 Å². The molecule has 5 heteroatoms. The first kappa shape index (κ1) is 12.6. The van der Waals surface area contributed by atoms with E-state index in [-0.39, 0.29) is 6.04 Å². The van der Waals surface area contributed by atoms with Crippen LogP contribution in [0.2, 0.25) is 0 Å². The van der Waals surface area contributed by atoms with Crippen molar-refractivity contribution in [2.24, 2.45) is 5.73 Å². The fraction of sp³-hybridized carbons (Fsp3) is 0.385. The number of hydrogen-bond donors (Lipinski definition) is 1. The minimum Gasteiger partial charge on any atom is -0.486 e. The van der Waals surface area contributed by atoms with Crippen LogP contribution < -0.4 is 10.5 Å². The molecule has 18 heavy (non-hydrogen) atoms. The fourth-order valence-electron chi connectivity index (χ4n) is 1.68. The quantitative estimate of drug-likeness (QED) is 0.875. The molecule has 0 saturated carbocycles. The molecule has 5 nitrogen and oxygen atoms in total. The first-order valence-corrected chi connectivity index (χ1v) is 6.05. The van der Waals surface area contributed by atoms with E-state index in [1.165, 1.54) is 0 Å². The average molecular weight is 246 g/mol. The second-order valence-corrected chi connectivity index (χ2v) is 4.14. The zero-order valence-corrected chi connectivity index (χ0v) is 10.7. The maximum Gasteiger partial charge on any atom is 0.164 e. The third kappa shape index (κ3) is 2.87. The van der Waals surface area contributed by atoms with Crippen LogP contribution in [0.1, 0.15) is 31.3 Å². The summed E-state index contributed by atoms with van der Waals surface area (Å²) in [6.07, 6.45) is 1.54. The van der Waals surface area contributed by atoms with Gasteiger partial charge < -0.3 is 10.5 Å². The minimum absolute atomic E-state index is 0.0437. The van der Waals surface area contributed by atoms with Crippen molar-refractivity contribution >= 4 is 0 Å². The normalized spacial score (nSPS) is 12.4. The van der Waals surface area contributed by atoms with Crippen molar-refractivity contribution in [2.75, 3.05) is 0 Å². The van der Waals surface area contributed by atoms with Crippen LogP contribution in [0.5, 0.6) is 5.75 Å². The van der Waals surface area contributed by atoms with Crippen LogP contribution in [-0.4, -0.2) is 14.8 Å². The molecule has 0 unspecified atom stereocenters. The highest BCUT2D eigenvalue weighted by Gasteiger charge is 2.04. The third-order valence-electron chi connectivity index (χ3n) is 2.77. The molecule has 0 amide bonds. The Kier molecular flexibility index (Phi) is 3.94. The van der Waals surface area contributed by atoms with E-state index in [1.54, 1.807) is 6.33 Å². The number of hydrogen-bond acceptors (Lipinski definition) is 4. The van der Waals surface area contributed by atoms with Crippen LogP contribution in [0.4, 0.5) is 0 Å². The van der Waals surface area contributed by atoms with Crippen molar-refractivity contribution in [2.45, 2.75) is 33.0 Å². The number of rotatable bonds is 5. The lowest BCUT2D eigenvalue weighted by Crippen LogP contribution is -2.07. The highest BCUT2D eigenvalue weighted by atomic mass is 16.5. The highest BCUT2D eigenvalue weighted by molar-refractivity contribution is 5.28. The maximum atomic E-state index is 5.79. The Balaban J connectivity index is 1.98. The van der Waals surface area contributed by atoms with E-state index in [2.05, 4.69) is 10.1 Å². The van der Waals surface area contributed by atoms with Crippen LogP contribution in [0, 0.1) is 0 Å². The number of aromatic nitrogens is 3. The predicted molar refractivity (Wildman–Crippen MR) is 69.1 cm³/mol. The number of benzene rings is 1. The van der Waals surface area contributed by atoms with Gasteiger partial charge in [0.2, 0.25) is 0 Å². The standard InChI is InChI=1S/C13H18N4O/c1-3-17-13(15-9-16-17)8-18-12-6-4-11(5-7-12)10(2)14/h4-7,9-10H,3,8,14H2,1-2H3/t10-/m0/s1. The molecule has 2 rings (SSSR count). The lowest BCUT2D eigenvalue weighted by molar-refractivity contribution is 0.287. The van der Waals surface area contributed by atoms with E-state index in [1.807, 2.05) is 42.8 Å². The molecule has 0 aliphatic rings. The molecule has 0 radical (unpaired) electrons. The molecule has 0 aliphatic carbocycles. The van der Waals surface area contributed by atoms with Crippen molar-refractivity contribution in [3.05, 3.63) is 42.0 Å². The van der Waals surface area contributed by atoms with Gasteiger partial charge in [-0.1, -0.05) is 12.1 Å². The molecule has 0 spiro atoms. The molecule has 2 N–H and O–H groups in total. The molecular weight excluding hydrogens is 228 g/mol. The van der Waals surface area contributed by atoms with Gasteiger partial charge in [-0.25, -0.2) is 9.67 Å². The molecule has 0 fully saturated rings. The van der Waals surface area contributed by atoms with E-state index >= 15 is 0 Å². The Morgan fingerprint density at radius 2 is 2.06 bits per heavy atom. The summed E-state index contributed by atoms with van der Waals surface area (Å²) in [6, 6.07) is 7.84. The van der Waals surface area contributed by atoms with Gasteiger partial charge in [-0.3, -0.25) is 0 Å². The highest BCUT2D eigenvalue weighted by Crippen LogP contribution is 2.16. The van der Waals surface area contributed by atoms with Crippen molar-refractivity contribution < 1.29 is 4.74 Å². The molecule has 96 valence electrons. The van der Waals surface area contributed by atoms with Crippen molar-refractivity contribution in [1.29, 1.82) is 0 Å². The van der Waals surface area contributed by atoms with Gasteiger partial charge in [-0.15, -0.1) is 0 Å². The Bertz CT molecular complexity index is 490. The summed E-state index contributed by atoms with van der Waals surface area (Å²) in [5.74, 6) is 1.64. The number of aryl methyl sites for hydroxylation is 1. The van der Waals surface area contributed by atoms with Crippen LogP contribution >= 0.6 is 0 Å². The Hall–Kier alpha value is -1.88. The summed E-state index contributed by atoms with van der Waals surface area (Å²) in [5.41, 5.74) is 6.89. The summed E-state index contributed by atoms with van der Waals surface area (Å²) in [6.45, 7) is 5.20. The molecule has 1 heterocycles. The van der Waals surface area contributed by atoms with Crippen molar-refractivity contribution in [1.82, 2.24) is 14.8 Å². The lowest BCUT2D eigenvalue weighted by Gasteiger charge is -2.09. The smallest absolute Gasteiger partial charge is 0.164 e. The topological polar surface area (TPSA) is 66.0 Å². The first-order chi connectivity index (χ1) is 8.70. The van der Waals surface area contributed by atoms with Crippen LogP contribution in [0.25, 0.3) is 0 Å². The van der Waals surface area contributed by atoms with Crippen molar-refractivity contribution in [3.63, 3.8) is 0 Å². The monoisotopic (exact) mass is 246 g/mol. The second-order valence-electron chi connectivity index (χ2n) is 4.14. The van der Waals surface area contributed by atoms with Gasteiger partial charge >= 0.3 is 0 Å². The predicted octanol–water partition coefficient (Wildman–Crippen LogP) is 1.90. The van der Waals surface area contributed by atoms with Gasteiger partial charge in [0.1, 0.15) is 18.7 Å². The SMILES string of the molecule is CCn1ncnc1COc1ccc([C@H](C)N)cc1. The molecule has 0 bridgehead atoms. The van der Waals surface area contributed by atoms with Gasteiger partial charge in [0.25, 0.3) is 0 Å². The molecular formula is C13H18N4O. The molecule has 2 aromatic rings. The molecule has 1 atom stereocenters. The minimum atomic E-state index is 0.0437. The van der Waals surface area contributed by atoms with Crippen LogP contribution in [0.3, 0.4) is 0 Å². The molecule has 0 saturated heterocycles. The fourth-order valence-corrected chi connectivity index (χ4v) is 1.68. The first-order valence-electron chi connectivity index (χ1n) is 6.05. The Morgan fingerprint density at radius 1 is 1.33 bits per heavy atom. The summed E-state index contributed by atoms with van der Waals surface area (Å²) in [7, 11) is 0. The largest absolute Gasteiger partial charge is 0.486 e. The third-order valence-corrected chi connectivity index (χ3v) is 2.77. The molecule has 1 aromatic carbocycles. The van der Waals surface area contributed by atoms with E-state index in [0.717, 1.165) is 23.7 Å². The lowest BCUT2D eigenvalue weighted by atomic mass is 10.1. The summed E-state index contributed by atoms with van der Waals surface area (Å²) < 4.78 is 7.48. The Labute approximate surface area is 107 Å². The van der Waals surface area contributed by atoms with E-state index in [4.69, 9.17) is 10.5 Å². The molecule has 0 aliphatic heterocycles. The average Bonchev–Trinajstić information content (AvgIpc) is 2.84. The maximum absolute atomic E-state index is 5.79. The van der Waals surface area contributed by atoms with E-state index < -0.39 is 0 Å². The van der Waals surface area contributed by atoms with Crippen LogP contribution in [-0.2, 0) is 13.2 Å². The van der Waals surface area contributed by atoms with Crippen LogP contribution in [0.15, 0.2) is 30.6 Å². The van der Waals surface area contributed by atoms with E-state index in [9.17, 15) is 0 Å². The zero-order valence-electron chi connectivity index (χ0n) is 10.7. The Morgan fingerprint density at radius 3 is 2.67 bits per heavy atom. The van der Waals surface area contributed by atoms with Crippen molar-refractivity contribution in [3.8, 4) is 5.75 Å². The van der Waals surface area contributed by atoms with Gasteiger partial charge in [0.15, 0.2) is 5.82 Å². The van der Waals surface area contributed by atoms with E-state index in [0.29, 0.717) is 6.61 Å². The summed E-state index contributed by atoms with van der Waals surface area (Å²) >= 11 is 0. The molecule has 1 aromatic heterocycles. The zero-order chi connectivity index (χ0) is 13.0. The van der Waals surface area contributed by atoms with Gasteiger partial charge in [-0.2, -0.15) is 5.10 Å². The number of nitrogens with zero attached hydrogens (tertiary/aromatic N) is 3. The van der Waals surface area contributed by atoms with Gasteiger partial charge in [0.05, 0.1) is 0 Å². The summed E-state index contributed by atoms with van der Waals surface area (Å²) in [4.78, 5) is 4.15. The number of ether oxygens (including phenoxy) is 1. The second kappa shape index (κ2) is 5.64. The number of nitrogens with two attached hydrogens (primary N) is 1. The van der Waals surface area contributed by atoms with Gasteiger partial charge in [-0.05, 0) is 31.5 Å². The summed E-state index contributed by atoms with van der Waals surface area (Å²) in [5, 5.41) is 4.09.